The van der Waals surface area contributed by atoms with Gasteiger partial charge in [0.15, 0.2) is 0 Å². The molecule has 110 valence electrons. The minimum Gasteiger partial charge on any atom is -0.494 e. The standard InChI is InChI=1S/C16H18N2O3/c1-11-12(2)16(20)18(15(11)19)8-3-9-21-14-6-4-13(10-17)5-7-14/h4-7,11-12H,3,8-9H2,1-2H3. The number of amides is 2. The molecule has 1 aromatic carbocycles. The summed E-state index contributed by atoms with van der Waals surface area (Å²) < 4.78 is 5.53. The van der Waals surface area contributed by atoms with Crippen molar-refractivity contribution in [3.63, 3.8) is 0 Å². The van der Waals surface area contributed by atoms with Gasteiger partial charge in [-0.15, -0.1) is 0 Å². The molecule has 1 aliphatic rings. The largest absolute Gasteiger partial charge is 0.494 e. The number of nitrogens with zero attached hydrogens (tertiary/aromatic N) is 2. The number of carbonyl (C=O) groups excluding carboxylic acids is 2. The van der Waals surface area contributed by atoms with Crippen LogP contribution in [0.5, 0.6) is 5.75 Å². The Hall–Kier alpha value is -2.35. The Labute approximate surface area is 124 Å². The second kappa shape index (κ2) is 6.40. The summed E-state index contributed by atoms with van der Waals surface area (Å²) in [6.45, 7) is 4.39. The van der Waals surface area contributed by atoms with Gasteiger partial charge in [-0.2, -0.15) is 5.26 Å². The molecule has 2 atom stereocenters. The fourth-order valence-corrected chi connectivity index (χ4v) is 2.29. The van der Waals surface area contributed by atoms with Crippen molar-refractivity contribution in [1.82, 2.24) is 4.90 Å². The summed E-state index contributed by atoms with van der Waals surface area (Å²) in [4.78, 5) is 25.1. The smallest absolute Gasteiger partial charge is 0.232 e. The minimum absolute atomic E-state index is 0.0918. The number of rotatable bonds is 5. The molecule has 1 aliphatic heterocycles. The van der Waals surface area contributed by atoms with Crippen molar-refractivity contribution in [2.24, 2.45) is 11.8 Å². The molecule has 0 aliphatic carbocycles. The van der Waals surface area contributed by atoms with E-state index in [1.807, 2.05) is 6.07 Å². The highest BCUT2D eigenvalue weighted by Crippen LogP contribution is 2.25. The SMILES string of the molecule is CC1C(=O)N(CCCOc2ccc(C#N)cc2)C(=O)C1C. The quantitative estimate of drug-likeness (QED) is 0.613. The molecule has 1 saturated heterocycles. The molecule has 0 aromatic heterocycles. The highest BCUT2D eigenvalue weighted by atomic mass is 16.5. The average molecular weight is 286 g/mol. The molecule has 2 unspecified atom stereocenters. The van der Waals surface area contributed by atoms with Crippen molar-refractivity contribution < 1.29 is 14.3 Å². The number of likely N-dealkylation sites (tertiary alicyclic amines) is 1. The maximum atomic E-state index is 11.9. The van der Waals surface area contributed by atoms with E-state index in [-0.39, 0.29) is 23.7 Å². The van der Waals surface area contributed by atoms with Gasteiger partial charge in [0.05, 0.1) is 18.2 Å². The zero-order valence-electron chi connectivity index (χ0n) is 12.2. The van der Waals surface area contributed by atoms with Gasteiger partial charge in [-0.3, -0.25) is 14.5 Å². The Kier molecular flexibility index (Phi) is 4.59. The van der Waals surface area contributed by atoms with Gasteiger partial charge >= 0.3 is 0 Å². The Morgan fingerprint density at radius 3 is 2.24 bits per heavy atom. The van der Waals surface area contributed by atoms with E-state index in [0.29, 0.717) is 30.9 Å². The molecule has 2 rings (SSSR count). The average Bonchev–Trinajstić information content (AvgIpc) is 2.69. The van der Waals surface area contributed by atoms with Crippen LogP contribution in [-0.4, -0.2) is 29.9 Å². The van der Waals surface area contributed by atoms with Gasteiger partial charge in [-0.1, -0.05) is 13.8 Å². The van der Waals surface area contributed by atoms with Crippen molar-refractivity contribution in [3.8, 4) is 11.8 Å². The minimum atomic E-state index is -0.225. The summed E-state index contributed by atoms with van der Waals surface area (Å²) in [5.41, 5.74) is 0.582. The number of hydrogen-bond donors (Lipinski definition) is 0. The Morgan fingerprint density at radius 1 is 1.14 bits per heavy atom. The zero-order valence-corrected chi connectivity index (χ0v) is 12.2. The lowest BCUT2D eigenvalue weighted by atomic mass is 10.00. The molecule has 1 heterocycles. The fourth-order valence-electron chi connectivity index (χ4n) is 2.29. The molecule has 1 aromatic rings. The molecule has 0 radical (unpaired) electrons. The van der Waals surface area contributed by atoms with Crippen molar-refractivity contribution in [3.05, 3.63) is 29.8 Å². The fraction of sp³-hybridized carbons (Fsp3) is 0.438. The van der Waals surface area contributed by atoms with Crippen molar-refractivity contribution in [1.29, 1.82) is 5.26 Å². The molecule has 2 amide bonds. The van der Waals surface area contributed by atoms with Crippen LogP contribution in [-0.2, 0) is 9.59 Å². The Balaban J connectivity index is 1.78. The lowest BCUT2D eigenvalue weighted by Crippen LogP contribution is -2.32. The molecule has 21 heavy (non-hydrogen) atoms. The summed E-state index contributed by atoms with van der Waals surface area (Å²) in [6.07, 6.45) is 0.594. The molecular formula is C16H18N2O3. The van der Waals surface area contributed by atoms with Crippen LogP contribution in [0.4, 0.5) is 0 Å². The molecular weight excluding hydrogens is 268 g/mol. The highest BCUT2D eigenvalue weighted by Gasteiger charge is 2.41. The lowest BCUT2D eigenvalue weighted by molar-refractivity contribution is -0.139. The number of ether oxygens (including phenoxy) is 1. The summed E-state index contributed by atoms with van der Waals surface area (Å²) >= 11 is 0. The molecule has 0 bridgehead atoms. The second-order valence-corrected chi connectivity index (χ2v) is 5.24. The van der Waals surface area contributed by atoms with Gasteiger partial charge in [0.25, 0.3) is 0 Å². The van der Waals surface area contributed by atoms with Gasteiger partial charge in [0, 0.05) is 18.4 Å². The van der Waals surface area contributed by atoms with E-state index in [1.54, 1.807) is 38.1 Å². The highest BCUT2D eigenvalue weighted by molar-refractivity contribution is 6.04. The van der Waals surface area contributed by atoms with Gasteiger partial charge in [-0.05, 0) is 30.7 Å². The predicted octanol–water partition coefficient (Wildman–Crippen LogP) is 1.97. The molecule has 5 nitrogen and oxygen atoms in total. The number of carbonyl (C=O) groups is 2. The molecule has 1 fully saturated rings. The second-order valence-electron chi connectivity index (χ2n) is 5.24. The monoisotopic (exact) mass is 286 g/mol. The third kappa shape index (κ3) is 3.22. The summed E-state index contributed by atoms with van der Waals surface area (Å²) in [7, 11) is 0. The van der Waals surface area contributed by atoms with Crippen LogP contribution in [0.1, 0.15) is 25.8 Å². The van der Waals surface area contributed by atoms with Crippen LogP contribution in [0.15, 0.2) is 24.3 Å². The Bertz CT molecular complexity index is 554. The first kappa shape index (κ1) is 15.0. The first-order valence-electron chi connectivity index (χ1n) is 7.02. The number of benzene rings is 1. The number of imide groups is 1. The van der Waals surface area contributed by atoms with Crippen LogP contribution in [0.3, 0.4) is 0 Å². The van der Waals surface area contributed by atoms with Crippen LogP contribution in [0, 0.1) is 23.2 Å². The first-order chi connectivity index (χ1) is 10.0. The van der Waals surface area contributed by atoms with E-state index in [9.17, 15) is 9.59 Å². The van der Waals surface area contributed by atoms with E-state index >= 15 is 0 Å². The van der Waals surface area contributed by atoms with E-state index in [1.165, 1.54) is 4.90 Å². The molecule has 0 saturated carbocycles. The Morgan fingerprint density at radius 2 is 1.71 bits per heavy atom. The third-order valence-electron chi connectivity index (χ3n) is 3.84. The van der Waals surface area contributed by atoms with E-state index < -0.39 is 0 Å². The van der Waals surface area contributed by atoms with Gasteiger partial charge in [0.2, 0.25) is 11.8 Å². The first-order valence-corrected chi connectivity index (χ1v) is 7.02. The van der Waals surface area contributed by atoms with E-state index in [4.69, 9.17) is 10.00 Å². The molecule has 0 N–H and O–H groups in total. The van der Waals surface area contributed by atoms with Crippen LogP contribution >= 0.6 is 0 Å². The van der Waals surface area contributed by atoms with E-state index in [0.717, 1.165) is 0 Å². The van der Waals surface area contributed by atoms with E-state index in [2.05, 4.69) is 0 Å². The van der Waals surface area contributed by atoms with Gasteiger partial charge in [0.1, 0.15) is 5.75 Å². The molecule has 5 heteroatoms. The van der Waals surface area contributed by atoms with Crippen LogP contribution < -0.4 is 4.74 Å². The maximum absolute atomic E-state index is 11.9. The third-order valence-corrected chi connectivity index (χ3v) is 3.84. The maximum Gasteiger partial charge on any atom is 0.232 e. The predicted molar refractivity (Wildman–Crippen MR) is 76.3 cm³/mol. The summed E-state index contributed by atoms with van der Waals surface area (Å²) in [6, 6.07) is 8.87. The van der Waals surface area contributed by atoms with Crippen molar-refractivity contribution in [2.45, 2.75) is 20.3 Å². The topological polar surface area (TPSA) is 70.4 Å². The number of nitriles is 1. The zero-order chi connectivity index (χ0) is 15.4. The van der Waals surface area contributed by atoms with Gasteiger partial charge in [-0.25, -0.2) is 0 Å². The lowest BCUT2D eigenvalue weighted by Gasteiger charge is -2.14. The summed E-state index contributed by atoms with van der Waals surface area (Å²) in [5, 5.41) is 8.70. The number of hydrogen-bond acceptors (Lipinski definition) is 4. The normalized spacial score (nSPS) is 21.5. The van der Waals surface area contributed by atoms with Crippen molar-refractivity contribution >= 4 is 11.8 Å². The molecule has 0 spiro atoms. The summed E-state index contributed by atoms with van der Waals surface area (Å²) in [5.74, 6) is 0.0421. The van der Waals surface area contributed by atoms with Gasteiger partial charge < -0.3 is 4.74 Å². The van der Waals surface area contributed by atoms with Crippen molar-refractivity contribution in [2.75, 3.05) is 13.2 Å². The van der Waals surface area contributed by atoms with Crippen LogP contribution in [0.25, 0.3) is 0 Å². The van der Waals surface area contributed by atoms with Crippen LogP contribution in [0.2, 0.25) is 0 Å².